The molecule has 1 aliphatic heterocycles. The van der Waals surface area contributed by atoms with Crippen LogP contribution in [0.4, 0.5) is 33.1 Å². The van der Waals surface area contributed by atoms with E-state index in [9.17, 15) is 14.5 Å². The van der Waals surface area contributed by atoms with Crippen molar-refractivity contribution in [2.75, 3.05) is 41.3 Å². The van der Waals surface area contributed by atoms with Crippen molar-refractivity contribution in [2.45, 2.75) is 13.8 Å². The van der Waals surface area contributed by atoms with Crippen LogP contribution < -0.4 is 15.1 Å². The fraction of sp³-hybridized carbons (Fsp3) is 0.273. The summed E-state index contributed by atoms with van der Waals surface area (Å²) in [6.45, 7) is 6.30. The summed E-state index contributed by atoms with van der Waals surface area (Å²) in [6.07, 6.45) is 1.35. The third kappa shape index (κ3) is 4.40. The predicted molar refractivity (Wildman–Crippen MR) is 119 cm³/mol. The molecule has 160 valence electrons. The lowest BCUT2D eigenvalue weighted by molar-refractivity contribution is -0.383. The highest BCUT2D eigenvalue weighted by Gasteiger charge is 2.29. The Bertz CT molecular complexity index is 1100. The molecule has 2 heterocycles. The molecule has 1 N–H and O–H groups in total. The summed E-state index contributed by atoms with van der Waals surface area (Å²) in [6, 6.07) is 12.2. The van der Waals surface area contributed by atoms with Gasteiger partial charge in [0.2, 0.25) is 11.6 Å². The second-order valence-electron chi connectivity index (χ2n) is 7.55. The predicted octanol–water partition coefficient (Wildman–Crippen LogP) is 4.21. The Kier molecular flexibility index (Phi) is 5.66. The molecule has 1 aliphatic rings. The third-order valence-corrected chi connectivity index (χ3v) is 5.40. The normalized spacial score (nSPS) is 13.9. The second kappa shape index (κ2) is 8.55. The molecule has 0 unspecified atom stereocenters. The Morgan fingerprint density at radius 1 is 1.00 bits per heavy atom. The number of piperazine rings is 1. The minimum Gasteiger partial charge on any atom is -0.368 e. The number of aryl methyl sites for hydroxylation is 2. The number of hydrogen-bond donors (Lipinski definition) is 1. The summed E-state index contributed by atoms with van der Waals surface area (Å²) in [5.74, 6) is 0.194. The second-order valence-corrected chi connectivity index (χ2v) is 7.55. The van der Waals surface area contributed by atoms with Gasteiger partial charge in [-0.3, -0.25) is 10.1 Å². The highest BCUT2D eigenvalue weighted by molar-refractivity contribution is 5.75. The first-order valence-electron chi connectivity index (χ1n) is 10.0. The van der Waals surface area contributed by atoms with Crippen molar-refractivity contribution >= 4 is 28.7 Å². The van der Waals surface area contributed by atoms with Gasteiger partial charge >= 0.3 is 5.69 Å². The highest BCUT2D eigenvalue weighted by atomic mass is 19.1. The van der Waals surface area contributed by atoms with Crippen LogP contribution in [0.25, 0.3) is 0 Å². The molecule has 1 aromatic heterocycles. The molecule has 4 rings (SSSR count). The monoisotopic (exact) mass is 422 g/mol. The average molecular weight is 422 g/mol. The minimum atomic E-state index is -0.435. The fourth-order valence-electron chi connectivity index (χ4n) is 3.69. The molecule has 0 radical (unpaired) electrons. The van der Waals surface area contributed by atoms with Crippen molar-refractivity contribution in [3.8, 4) is 0 Å². The number of aromatic nitrogens is 2. The van der Waals surface area contributed by atoms with Gasteiger partial charge in [-0.05, 0) is 55.3 Å². The van der Waals surface area contributed by atoms with Gasteiger partial charge in [-0.2, -0.15) is 0 Å². The first-order valence-corrected chi connectivity index (χ1v) is 10.0. The SMILES string of the molecule is Cc1ccc(C)c(Nc2ncnc(N3CCN(c4ccc(F)cc4)CC3)c2[N+](=O)[O-])c1. The average Bonchev–Trinajstić information content (AvgIpc) is 2.76. The number of nitro groups is 1. The first kappa shape index (κ1) is 20.5. The summed E-state index contributed by atoms with van der Waals surface area (Å²) < 4.78 is 13.2. The van der Waals surface area contributed by atoms with E-state index in [1.807, 2.05) is 36.9 Å². The van der Waals surface area contributed by atoms with Gasteiger partial charge < -0.3 is 15.1 Å². The number of rotatable bonds is 5. The van der Waals surface area contributed by atoms with Gasteiger partial charge in [0.1, 0.15) is 12.1 Å². The van der Waals surface area contributed by atoms with Gasteiger partial charge in [-0.1, -0.05) is 12.1 Å². The maximum Gasteiger partial charge on any atom is 0.353 e. The number of nitrogens with one attached hydrogen (secondary N) is 1. The van der Waals surface area contributed by atoms with E-state index < -0.39 is 4.92 Å². The lowest BCUT2D eigenvalue weighted by Gasteiger charge is -2.36. The lowest BCUT2D eigenvalue weighted by atomic mass is 10.1. The van der Waals surface area contributed by atoms with E-state index in [1.54, 1.807) is 12.1 Å². The summed E-state index contributed by atoms with van der Waals surface area (Å²) in [7, 11) is 0. The molecule has 31 heavy (non-hydrogen) atoms. The molecule has 1 saturated heterocycles. The molecule has 0 atom stereocenters. The molecule has 0 spiro atoms. The minimum absolute atomic E-state index is 0.140. The zero-order chi connectivity index (χ0) is 22.0. The third-order valence-electron chi connectivity index (χ3n) is 5.40. The van der Waals surface area contributed by atoms with E-state index >= 15 is 0 Å². The van der Waals surface area contributed by atoms with Crippen LogP contribution in [0.5, 0.6) is 0 Å². The first-order chi connectivity index (χ1) is 14.9. The largest absolute Gasteiger partial charge is 0.368 e. The van der Waals surface area contributed by atoms with E-state index in [4.69, 9.17) is 0 Å². The molecule has 1 fully saturated rings. The van der Waals surface area contributed by atoms with Crippen LogP contribution >= 0.6 is 0 Å². The van der Waals surface area contributed by atoms with Crippen LogP contribution in [0.3, 0.4) is 0 Å². The summed E-state index contributed by atoms with van der Waals surface area (Å²) in [4.78, 5) is 23.9. The topological polar surface area (TPSA) is 87.4 Å². The van der Waals surface area contributed by atoms with E-state index in [2.05, 4.69) is 20.2 Å². The molecule has 0 amide bonds. The Morgan fingerprint density at radius 3 is 2.35 bits per heavy atom. The van der Waals surface area contributed by atoms with Crippen molar-refractivity contribution in [3.63, 3.8) is 0 Å². The van der Waals surface area contributed by atoms with Crippen LogP contribution in [-0.2, 0) is 0 Å². The molecular formula is C22H23FN6O2. The molecule has 0 bridgehead atoms. The molecular weight excluding hydrogens is 399 g/mol. The highest BCUT2D eigenvalue weighted by Crippen LogP contribution is 2.35. The van der Waals surface area contributed by atoms with Crippen molar-refractivity contribution in [2.24, 2.45) is 0 Å². The van der Waals surface area contributed by atoms with E-state index in [-0.39, 0.29) is 17.3 Å². The van der Waals surface area contributed by atoms with Gasteiger partial charge in [-0.15, -0.1) is 0 Å². The zero-order valence-electron chi connectivity index (χ0n) is 17.4. The number of hydrogen-bond acceptors (Lipinski definition) is 7. The Labute approximate surface area is 179 Å². The van der Waals surface area contributed by atoms with E-state index in [1.165, 1.54) is 18.5 Å². The molecule has 9 heteroatoms. The zero-order valence-corrected chi connectivity index (χ0v) is 17.4. The Hall–Kier alpha value is -3.75. The standard InChI is InChI=1S/C22H23FN6O2/c1-15-3-4-16(2)19(13-15)26-21-20(29(30)31)22(25-14-24-21)28-11-9-27(10-12-28)18-7-5-17(23)6-8-18/h3-8,13-14H,9-12H2,1-2H3,(H,24,25,26). The van der Waals surface area contributed by atoms with Crippen LogP contribution in [0.15, 0.2) is 48.8 Å². The van der Waals surface area contributed by atoms with Crippen molar-refractivity contribution in [1.82, 2.24) is 9.97 Å². The van der Waals surface area contributed by atoms with Crippen LogP contribution in [-0.4, -0.2) is 41.1 Å². The fourth-order valence-corrected chi connectivity index (χ4v) is 3.69. The molecule has 3 aromatic rings. The number of nitrogens with zero attached hydrogens (tertiary/aromatic N) is 5. The van der Waals surface area contributed by atoms with E-state index in [0.29, 0.717) is 32.0 Å². The van der Waals surface area contributed by atoms with Crippen LogP contribution in [0, 0.1) is 29.8 Å². The number of halogens is 1. The Morgan fingerprint density at radius 2 is 1.68 bits per heavy atom. The molecule has 2 aromatic carbocycles. The van der Waals surface area contributed by atoms with Gasteiger partial charge in [0.25, 0.3) is 0 Å². The van der Waals surface area contributed by atoms with Crippen molar-refractivity contribution < 1.29 is 9.31 Å². The van der Waals surface area contributed by atoms with Gasteiger partial charge in [0, 0.05) is 37.6 Å². The van der Waals surface area contributed by atoms with Crippen LogP contribution in [0.1, 0.15) is 11.1 Å². The quantitative estimate of drug-likeness (QED) is 0.487. The van der Waals surface area contributed by atoms with E-state index in [0.717, 1.165) is 22.5 Å². The summed E-state index contributed by atoms with van der Waals surface area (Å²) in [5.41, 5.74) is 3.57. The molecule has 0 saturated carbocycles. The summed E-state index contributed by atoms with van der Waals surface area (Å²) in [5, 5.41) is 15.1. The van der Waals surface area contributed by atoms with Gasteiger partial charge in [0.05, 0.1) is 4.92 Å². The maximum absolute atomic E-state index is 13.2. The maximum atomic E-state index is 13.2. The van der Waals surface area contributed by atoms with Gasteiger partial charge in [-0.25, -0.2) is 14.4 Å². The van der Waals surface area contributed by atoms with Crippen LogP contribution in [0.2, 0.25) is 0 Å². The van der Waals surface area contributed by atoms with Crippen molar-refractivity contribution in [1.29, 1.82) is 0 Å². The van der Waals surface area contributed by atoms with Gasteiger partial charge in [0.15, 0.2) is 0 Å². The smallest absolute Gasteiger partial charge is 0.353 e. The molecule has 8 nitrogen and oxygen atoms in total. The number of benzene rings is 2. The summed E-state index contributed by atoms with van der Waals surface area (Å²) >= 11 is 0. The Balaban J connectivity index is 1.57. The van der Waals surface area contributed by atoms with Crippen molar-refractivity contribution in [3.05, 3.63) is 75.9 Å². The lowest BCUT2D eigenvalue weighted by Crippen LogP contribution is -2.47. The number of anilines is 4. The molecule has 0 aliphatic carbocycles.